The summed E-state index contributed by atoms with van der Waals surface area (Å²) in [5.74, 6) is -1.41. The number of carbonyl (C=O) groups is 3. The normalized spacial score (nSPS) is 16.2. The van der Waals surface area contributed by atoms with Crippen LogP contribution in [0.2, 0.25) is 0 Å². The molecule has 1 fully saturated rings. The number of aromatic nitrogens is 2. The lowest BCUT2D eigenvalue weighted by atomic mass is 10.0. The van der Waals surface area contributed by atoms with Gasteiger partial charge < -0.3 is 14.4 Å². The number of hydrogen-bond acceptors (Lipinski definition) is 6. The second-order valence-corrected chi connectivity index (χ2v) is 7.22. The van der Waals surface area contributed by atoms with Gasteiger partial charge in [-0.25, -0.2) is 14.3 Å². The van der Waals surface area contributed by atoms with Gasteiger partial charge in [0.1, 0.15) is 11.6 Å². The molecule has 30 heavy (non-hydrogen) atoms. The Balaban J connectivity index is 1.69. The lowest BCUT2D eigenvalue weighted by molar-refractivity contribution is -0.157. The van der Waals surface area contributed by atoms with Gasteiger partial charge in [-0.05, 0) is 52.2 Å². The minimum absolute atomic E-state index is 0.260. The summed E-state index contributed by atoms with van der Waals surface area (Å²) in [6.45, 7) is 5.53. The van der Waals surface area contributed by atoms with E-state index in [0.717, 1.165) is 18.5 Å². The molecule has 1 atom stereocenters. The zero-order chi connectivity index (χ0) is 21.7. The maximum Gasteiger partial charge on any atom is 0.342 e. The molecule has 8 nitrogen and oxygen atoms in total. The number of ether oxygens (including phenoxy) is 2. The first-order valence-electron chi connectivity index (χ1n) is 10.2. The summed E-state index contributed by atoms with van der Waals surface area (Å²) < 4.78 is 12.1. The van der Waals surface area contributed by atoms with Crippen LogP contribution >= 0.6 is 0 Å². The van der Waals surface area contributed by atoms with Crippen molar-refractivity contribution in [3.05, 3.63) is 47.3 Å². The van der Waals surface area contributed by atoms with Crippen LogP contribution in [-0.2, 0) is 19.1 Å². The van der Waals surface area contributed by atoms with Crippen LogP contribution in [0.3, 0.4) is 0 Å². The number of hydrogen-bond donors (Lipinski definition) is 0. The average Bonchev–Trinajstić information content (AvgIpc) is 3.06. The Bertz CT molecular complexity index is 922. The van der Waals surface area contributed by atoms with Gasteiger partial charge in [0.25, 0.3) is 5.91 Å². The molecule has 160 valence electrons. The van der Waals surface area contributed by atoms with E-state index in [2.05, 4.69) is 5.10 Å². The van der Waals surface area contributed by atoms with Crippen LogP contribution in [0.1, 0.15) is 47.9 Å². The average molecular weight is 413 g/mol. The minimum Gasteiger partial charge on any atom is -0.464 e. The highest BCUT2D eigenvalue weighted by Gasteiger charge is 2.33. The van der Waals surface area contributed by atoms with Crippen molar-refractivity contribution in [2.24, 2.45) is 0 Å². The summed E-state index contributed by atoms with van der Waals surface area (Å²) in [5, 5.41) is 4.43. The van der Waals surface area contributed by atoms with E-state index in [4.69, 9.17) is 9.47 Å². The Morgan fingerprint density at radius 2 is 1.83 bits per heavy atom. The second kappa shape index (κ2) is 9.56. The third-order valence-electron chi connectivity index (χ3n) is 5.20. The molecular formula is C22H27N3O5. The Kier molecular flexibility index (Phi) is 6.87. The molecule has 8 heteroatoms. The maximum absolute atomic E-state index is 12.7. The van der Waals surface area contributed by atoms with Gasteiger partial charge in [0.05, 0.1) is 23.7 Å². The van der Waals surface area contributed by atoms with Crippen molar-refractivity contribution in [1.82, 2.24) is 14.7 Å². The topological polar surface area (TPSA) is 90.7 Å². The van der Waals surface area contributed by atoms with E-state index in [1.54, 1.807) is 25.5 Å². The predicted octanol–water partition coefficient (Wildman–Crippen LogP) is 2.59. The number of esters is 2. The molecule has 0 radical (unpaired) electrons. The third kappa shape index (κ3) is 4.53. The quantitative estimate of drug-likeness (QED) is 0.676. The van der Waals surface area contributed by atoms with Crippen LogP contribution in [-0.4, -0.2) is 58.3 Å². The fourth-order valence-electron chi connectivity index (χ4n) is 3.75. The zero-order valence-electron chi connectivity index (χ0n) is 17.6. The number of piperidine rings is 1. The molecule has 0 saturated carbocycles. The van der Waals surface area contributed by atoms with E-state index in [1.165, 1.54) is 4.90 Å². The van der Waals surface area contributed by atoms with Gasteiger partial charge in [0.2, 0.25) is 0 Å². The number of amides is 1. The predicted molar refractivity (Wildman–Crippen MR) is 109 cm³/mol. The largest absolute Gasteiger partial charge is 0.464 e. The molecule has 1 saturated heterocycles. The Labute approximate surface area is 175 Å². The van der Waals surface area contributed by atoms with Gasteiger partial charge in [0.15, 0.2) is 6.61 Å². The first kappa shape index (κ1) is 21.5. The summed E-state index contributed by atoms with van der Waals surface area (Å²) in [6.07, 6.45) is 2.21. The fraction of sp³-hybridized carbons (Fsp3) is 0.455. The molecule has 1 aromatic heterocycles. The van der Waals surface area contributed by atoms with Crippen LogP contribution in [0, 0.1) is 13.8 Å². The van der Waals surface area contributed by atoms with E-state index >= 15 is 0 Å². The molecule has 0 spiro atoms. The number of para-hydroxylation sites is 1. The number of carbonyl (C=O) groups excluding carboxylic acids is 3. The molecule has 2 aromatic rings. The minimum atomic E-state index is -0.616. The highest BCUT2D eigenvalue weighted by Crippen LogP contribution is 2.21. The van der Waals surface area contributed by atoms with Crippen LogP contribution in [0.25, 0.3) is 5.69 Å². The molecule has 0 bridgehead atoms. The summed E-state index contributed by atoms with van der Waals surface area (Å²) in [7, 11) is 0. The molecule has 1 amide bonds. The first-order chi connectivity index (χ1) is 14.4. The highest BCUT2D eigenvalue weighted by atomic mass is 16.5. The van der Waals surface area contributed by atoms with Crippen LogP contribution in [0.15, 0.2) is 30.3 Å². The summed E-state index contributed by atoms with van der Waals surface area (Å²) in [5.41, 5.74) is 2.33. The van der Waals surface area contributed by atoms with E-state index in [-0.39, 0.29) is 6.61 Å². The van der Waals surface area contributed by atoms with Crippen molar-refractivity contribution < 1.29 is 23.9 Å². The van der Waals surface area contributed by atoms with Crippen molar-refractivity contribution in [3.8, 4) is 5.69 Å². The highest BCUT2D eigenvalue weighted by molar-refractivity contribution is 5.94. The van der Waals surface area contributed by atoms with Crippen LogP contribution in [0.5, 0.6) is 0 Å². The summed E-state index contributed by atoms with van der Waals surface area (Å²) in [6, 6.07) is 8.85. The van der Waals surface area contributed by atoms with Crippen LogP contribution in [0.4, 0.5) is 0 Å². The van der Waals surface area contributed by atoms with E-state index in [9.17, 15) is 14.4 Å². The van der Waals surface area contributed by atoms with Crippen molar-refractivity contribution >= 4 is 17.8 Å². The summed E-state index contributed by atoms with van der Waals surface area (Å²) in [4.78, 5) is 39.0. The fourth-order valence-corrected chi connectivity index (χ4v) is 3.75. The number of nitrogens with zero attached hydrogens (tertiary/aromatic N) is 3. The smallest absolute Gasteiger partial charge is 0.342 e. The maximum atomic E-state index is 12.7. The number of aryl methyl sites for hydroxylation is 1. The SMILES string of the molecule is CCOC(=O)[C@H]1CCCCN1C(=O)COC(=O)c1c(C)nn(-c2ccccc2)c1C. The number of likely N-dealkylation sites (tertiary alicyclic amines) is 1. The van der Waals surface area contributed by atoms with Gasteiger partial charge in [0, 0.05) is 6.54 Å². The van der Waals surface area contributed by atoms with Crippen molar-refractivity contribution in [3.63, 3.8) is 0 Å². The van der Waals surface area contributed by atoms with Crippen molar-refractivity contribution in [2.45, 2.75) is 46.1 Å². The van der Waals surface area contributed by atoms with Gasteiger partial charge in [-0.15, -0.1) is 0 Å². The van der Waals surface area contributed by atoms with Crippen molar-refractivity contribution in [1.29, 1.82) is 0 Å². The summed E-state index contributed by atoms with van der Waals surface area (Å²) >= 11 is 0. The molecule has 0 unspecified atom stereocenters. The third-order valence-corrected chi connectivity index (χ3v) is 5.20. The lowest BCUT2D eigenvalue weighted by Crippen LogP contribution is -2.50. The molecule has 0 aliphatic carbocycles. The zero-order valence-corrected chi connectivity index (χ0v) is 17.6. The van der Waals surface area contributed by atoms with E-state index in [1.807, 2.05) is 30.3 Å². The molecule has 1 aromatic carbocycles. The molecule has 0 N–H and O–H groups in total. The van der Waals surface area contributed by atoms with E-state index < -0.39 is 30.5 Å². The molecule has 2 heterocycles. The van der Waals surface area contributed by atoms with Gasteiger partial charge >= 0.3 is 11.9 Å². The first-order valence-corrected chi connectivity index (χ1v) is 10.2. The standard InChI is InChI=1S/C22H27N3O5/c1-4-29-21(27)18-12-8-9-13-24(18)19(26)14-30-22(28)20-15(2)23-25(16(20)3)17-10-6-5-7-11-17/h5-7,10-11,18H,4,8-9,12-14H2,1-3H3/t18-/m1/s1. The van der Waals surface area contributed by atoms with Gasteiger partial charge in [-0.1, -0.05) is 18.2 Å². The molecule has 3 rings (SSSR count). The van der Waals surface area contributed by atoms with Crippen LogP contribution < -0.4 is 0 Å². The number of benzene rings is 1. The molecule has 1 aliphatic heterocycles. The van der Waals surface area contributed by atoms with Gasteiger partial charge in [-0.3, -0.25) is 4.79 Å². The Morgan fingerprint density at radius 1 is 1.10 bits per heavy atom. The Hall–Kier alpha value is -3.16. The van der Waals surface area contributed by atoms with E-state index in [0.29, 0.717) is 29.9 Å². The second-order valence-electron chi connectivity index (χ2n) is 7.22. The van der Waals surface area contributed by atoms with Crippen molar-refractivity contribution in [2.75, 3.05) is 19.8 Å². The monoisotopic (exact) mass is 413 g/mol. The number of rotatable bonds is 6. The lowest BCUT2D eigenvalue weighted by Gasteiger charge is -2.33. The van der Waals surface area contributed by atoms with Gasteiger partial charge in [-0.2, -0.15) is 5.10 Å². The Morgan fingerprint density at radius 3 is 2.53 bits per heavy atom. The molecular weight excluding hydrogens is 386 g/mol. The molecule has 1 aliphatic rings.